The first-order valence-electron chi connectivity index (χ1n) is 12.0. The van der Waals surface area contributed by atoms with Gasteiger partial charge in [0, 0.05) is 0 Å². The van der Waals surface area contributed by atoms with Crippen molar-refractivity contribution in [3.05, 3.63) is 0 Å². The van der Waals surface area contributed by atoms with Gasteiger partial charge < -0.3 is 0 Å². The van der Waals surface area contributed by atoms with Gasteiger partial charge in [0.05, 0.1) is 0 Å². The molecule has 0 radical (unpaired) electrons. The van der Waals surface area contributed by atoms with Crippen molar-refractivity contribution in [3.63, 3.8) is 0 Å². The summed E-state index contributed by atoms with van der Waals surface area (Å²) >= 11 is 0. The Bertz CT molecular complexity index is 129. The molecule has 0 aliphatic rings. The van der Waals surface area contributed by atoms with Gasteiger partial charge in [-0.15, -0.1) is 64.7 Å². The molecule has 0 nitrogen and oxygen atoms in total. The van der Waals surface area contributed by atoms with Crippen LogP contribution < -0.4 is 0 Å². The summed E-state index contributed by atoms with van der Waals surface area (Å²) in [5.74, 6) is 0.928. The van der Waals surface area contributed by atoms with E-state index in [1.807, 2.05) is 68.2 Å². The lowest BCUT2D eigenvalue weighted by Crippen LogP contribution is -1.94. The van der Waals surface area contributed by atoms with Crippen LogP contribution in [0.2, 0.25) is 0 Å². The lowest BCUT2D eigenvalue weighted by atomic mass is 10.1. The van der Waals surface area contributed by atoms with Crippen LogP contribution in [-0.4, -0.2) is 44.1 Å². The molecular formula is C23H71P7. The van der Waals surface area contributed by atoms with Crippen molar-refractivity contribution in [2.24, 2.45) is 5.92 Å². The summed E-state index contributed by atoms with van der Waals surface area (Å²) in [5.41, 5.74) is 1.60. The van der Waals surface area contributed by atoms with E-state index in [4.69, 9.17) is 0 Å². The molecule has 0 heterocycles. The zero-order valence-electron chi connectivity index (χ0n) is 24.0. The SMILES string of the molecule is CC.CC.CC.CC(P)CCCC(C)P.CCC(C)CCP.CP.CP.CP.CP. The fourth-order valence-corrected chi connectivity index (χ4v) is 2.29. The van der Waals surface area contributed by atoms with Crippen LogP contribution in [0.25, 0.3) is 0 Å². The molecule has 0 aliphatic carbocycles. The molecular weight excluding hydrogens is 493 g/mol. The van der Waals surface area contributed by atoms with Crippen molar-refractivity contribution in [1.82, 2.24) is 0 Å². The third kappa shape index (κ3) is 142. The molecule has 30 heavy (non-hydrogen) atoms. The summed E-state index contributed by atoms with van der Waals surface area (Å²) in [6.45, 7) is 28.7. The van der Waals surface area contributed by atoms with Gasteiger partial charge in [-0.3, -0.25) is 0 Å². The van der Waals surface area contributed by atoms with E-state index in [0.717, 1.165) is 17.2 Å². The normalized spacial score (nSPS) is 9.90. The largest absolute Gasteiger partial charge is 0.141 e. The molecule has 0 rings (SSSR count). The van der Waals surface area contributed by atoms with E-state index >= 15 is 0 Å². The fourth-order valence-electron chi connectivity index (χ4n) is 1.25. The van der Waals surface area contributed by atoms with Gasteiger partial charge in [-0.2, -0.15) is 0 Å². The first-order chi connectivity index (χ1) is 14.4. The molecule has 10 unspecified atom stereocenters. The average molecular weight is 565 g/mol. The molecule has 0 saturated heterocycles. The summed E-state index contributed by atoms with van der Waals surface area (Å²) in [4.78, 5) is 0. The van der Waals surface area contributed by atoms with Gasteiger partial charge >= 0.3 is 0 Å². The molecule has 0 fully saturated rings. The summed E-state index contributed by atoms with van der Waals surface area (Å²) in [6, 6.07) is 0. The standard InChI is InChI=1S/C7H18P2.C6H15P.3C2H6.4CH5P/c1-6(8)4-3-5-7(2)9;1-3-6(2)4-5-7;7*1-2/h6-7H,3-5,8-9H2,1-2H3;6H,3-5,7H2,1-2H3;3*1-2H3;4*2H2,1H3. The summed E-state index contributed by atoms with van der Waals surface area (Å²) < 4.78 is 0. The number of rotatable bonds is 7. The van der Waals surface area contributed by atoms with Crippen LogP contribution in [0.3, 0.4) is 0 Å². The first kappa shape index (κ1) is 58.7. The highest BCUT2D eigenvalue weighted by Gasteiger charge is 1.96. The van der Waals surface area contributed by atoms with Crippen molar-refractivity contribution in [3.8, 4) is 0 Å². The van der Waals surface area contributed by atoms with Gasteiger partial charge in [-0.1, -0.05) is 109 Å². The van der Waals surface area contributed by atoms with E-state index in [2.05, 4.69) is 92.4 Å². The average Bonchev–Trinajstić information content (AvgIpc) is 2.83. The van der Waals surface area contributed by atoms with E-state index in [0.29, 0.717) is 0 Å². The molecule has 7 heteroatoms. The van der Waals surface area contributed by atoms with Crippen LogP contribution in [0.15, 0.2) is 0 Å². The van der Waals surface area contributed by atoms with Crippen molar-refractivity contribution in [2.45, 2.75) is 113 Å². The predicted octanol–water partition coefficient (Wildman–Crippen LogP) is 10.0. The van der Waals surface area contributed by atoms with Crippen molar-refractivity contribution in [1.29, 1.82) is 0 Å². The molecule has 0 aromatic carbocycles. The second-order valence-corrected chi connectivity index (χ2v) is 7.83. The number of hydrogen-bond acceptors (Lipinski definition) is 0. The Balaban J connectivity index is -0.0000000268. The Morgan fingerprint density at radius 1 is 0.533 bits per heavy atom. The maximum absolute atomic E-state index is 2.83. The van der Waals surface area contributed by atoms with E-state index in [9.17, 15) is 0 Å². The van der Waals surface area contributed by atoms with Gasteiger partial charge in [-0.05, 0) is 42.7 Å². The second kappa shape index (κ2) is 94.9. The molecule has 0 aromatic rings. The molecule has 0 bridgehead atoms. The molecule has 0 N–H and O–H groups in total. The Morgan fingerprint density at radius 2 is 0.767 bits per heavy atom. The third-order valence-corrected chi connectivity index (χ3v) is 3.68. The lowest BCUT2D eigenvalue weighted by molar-refractivity contribution is 0.549. The Labute approximate surface area is 215 Å². The molecule has 0 aromatic heterocycles. The Hall–Kier alpha value is 3.01. The van der Waals surface area contributed by atoms with Gasteiger partial charge in [0.2, 0.25) is 0 Å². The number of hydrogen-bond donors (Lipinski definition) is 0. The van der Waals surface area contributed by atoms with E-state index in [1.165, 1.54) is 38.3 Å². The minimum Gasteiger partial charge on any atom is -0.141 e. The van der Waals surface area contributed by atoms with E-state index in [-0.39, 0.29) is 0 Å². The molecule has 0 amide bonds. The van der Waals surface area contributed by atoms with Crippen molar-refractivity contribution in [2.75, 3.05) is 32.8 Å². The van der Waals surface area contributed by atoms with E-state index < -0.39 is 0 Å². The maximum Gasteiger partial charge on any atom is -0.0293 e. The topological polar surface area (TPSA) is 0 Å². The monoisotopic (exact) mass is 564 g/mol. The van der Waals surface area contributed by atoms with Crippen LogP contribution in [-0.2, 0) is 0 Å². The van der Waals surface area contributed by atoms with Crippen molar-refractivity contribution >= 4 is 64.7 Å². The summed E-state index contributed by atoms with van der Waals surface area (Å²) in [7, 11) is 18.1. The lowest BCUT2D eigenvalue weighted by Gasteiger charge is -2.05. The first-order valence-corrected chi connectivity index (χ1v) is 18.7. The van der Waals surface area contributed by atoms with Gasteiger partial charge in [0.25, 0.3) is 0 Å². The molecule has 10 atom stereocenters. The quantitative estimate of drug-likeness (QED) is 0.270. The summed E-state index contributed by atoms with van der Waals surface area (Å²) in [6.07, 6.45) is 8.02. The highest BCUT2D eigenvalue weighted by molar-refractivity contribution is 7.17. The zero-order valence-corrected chi connectivity index (χ0v) is 32.1. The maximum atomic E-state index is 2.83. The van der Waals surface area contributed by atoms with Gasteiger partial charge in [0.15, 0.2) is 0 Å². The zero-order chi connectivity index (χ0) is 27.0. The minimum absolute atomic E-state index is 0.800. The van der Waals surface area contributed by atoms with Crippen LogP contribution in [0.4, 0.5) is 0 Å². The Kier molecular flexibility index (Phi) is 186. The minimum atomic E-state index is 0.800. The van der Waals surface area contributed by atoms with Crippen molar-refractivity contribution < 1.29 is 0 Å². The second-order valence-electron chi connectivity index (χ2n) is 4.98. The van der Waals surface area contributed by atoms with Crippen LogP contribution >= 0.6 is 64.7 Å². The van der Waals surface area contributed by atoms with E-state index in [1.54, 1.807) is 0 Å². The van der Waals surface area contributed by atoms with Gasteiger partial charge in [-0.25, -0.2) is 0 Å². The highest BCUT2D eigenvalue weighted by Crippen LogP contribution is 2.13. The third-order valence-electron chi connectivity index (χ3n) is 2.68. The van der Waals surface area contributed by atoms with Crippen LogP contribution in [0.5, 0.6) is 0 Å². The Morgan fingerprint density at radius 3 is 0.867 bits per heavy atom. The molecule has 0 spiro atoms. The van der Waals surface area contributed by atoms with Crippen LogP contribution in [0.1, 0.15) is 101 Å². The molecule has 0 aliphatic heterocycles. The molecule has 198 valence electrons. The summed E-state index contributed by atoms with van der Waals surface area (Å²) in [5, 5.41) is 0. The smallest absolute Gasteiger partial charge is 0.0293 e. The van der Waals surface area contributed by atoms with Gasteiger partial charge in [0.1, 0.15) is 0 Å². The highest BCUT2D eigenvalue weighted by atomic mass is 31.0. The predicted molar refractivity (Wildman–Crippen MR) is 187 cm³/mol. The van der Waals surface area contributed by atoms with Crippen LogP contribution in [0, 0.1) is 5.92 Å². The fraction of sp³-hybridized carbons (Fsp3) is 1.00. The molecule has 0 saturated carbocycles.